The van der Waals surface area contributed by atoms with Crippen molar-refractivity contribution in [3.63, 3.8) is 0 Å². The van der Waals surface area contributed by atoms with Crippen molar-refractivity contribution in [3.05, 3.63) is 24.5 Å². The van der Waals surface area contributed by atoms with E-state index in [-0.39, 0.29) is 4.90 Å². The van der Waals surface area contributed by atoms with Gasteiger partial charge in [-0.15, -0.1) is 0 Å². The zero-order valence-corrected chi connectivity index (χ0v) is 9.41. The molecule has 0 N–H and O–H groups in total. The van der Waals surface area contributed by atoms with Crippen molar-refractivity contribution in [2.45, 2.75) is 15.1 Å². The quantitative estimate of drug-likeness (QED) is 0.616. The topological polar surface area (TPSA) is 47.0 Å². The van der Waals surface area contributed by atoms with Crippen molar-refractivity contribution in [2.75, 3.05) is 0 Å². The van der Waals surface area contributed by atoms with Crippen LogP contribution in [0.4, 0.5) is 0 Å². The molecule has 3 nitrogen and oxygen atoms in total. The molecule has 0 aliphatic heterocycles. The van der Waals surface area contributed by atoms with Crippen molar-refractivity contribution in [1.82, 2.24) is 4.98 Å². The number of nitrogens with zero attached hydrogens (tertiary/aromatic N) is 1. The zero-order chi connectivity index (χ0) is 9.19. The van der Waals surface area contributed by atoms with Gasteiger partial charge in [-0.3, -0.25) is 4.98 Å². The smallest absolute Gasteiger partial charge is 0.191 e. The molecule has 1 rings (SSSR count). The third-order valence-electron chi connectivity index (χ3n) is 1.39. The van der Waals surface area contributed by atoms with E-state index in [1.54, 1.807) is 25.3 Å². The molecule has 0 radical (unpaired) electrons. The lowest BCUT2D eigenvalue weighted by molar-refractivity contribution is 0.595. The predicted octanol–water partition coefficient (Wildman–Crippen LogP) is 1.64. The van der Waals surface area contributed by atoms with E-state index in [4.69, 9.17) is 0 Å². The minimum Gasteiger partial charge on any atom is -0.263 e. The Morgan fingerprint density at radius 3 is 2.67 bits per heavy atom. The summed E-state index contributed by atoms with van der Waals surface area (Å²) in [5, 5.41) is 0. The van der Waals surface area contributed by atoms with Crippen molar-refractivity contribution in [2.24, 2.45) is 0 Å². The fourth-order valence-electron chi connectivity index (χ4n) is 0.703. The number of alkyl halides is 1. The molecular formula is C7H8INO2S. The fourth-order valence-corrected chi connectivity index (χ4v) is 2.43. The third kappa shape index (κ3) is 1.95. The summed E-state index contributed by atoms with van der Waals surface area (Å²) in [4.78, 5) is 4.04. The maximum Gasteiger partial charge on any atom is 0.191 e. The van der Waals surface area contributed by atoms with Gasteiger partial charge in [0.25, 0.3) is 0 Å². The van der Waals surface area contributed by atoms with Gasteiger partial charge in [0.2, 0.25) is 0 Å². The lowest BCUT2D eigenvalue weighted by Gasteiger charge is -2.04. The van der Waals surface area contributed by atoms with Crippen LogP contribution in [0.2, 0.25) is 0 Å². The highest BCUT2D eigenvalue weighted by molar-refractivity contribution is 14.1. The predicted molar refractivity (Wildman–Crippen MR) is 54.9 cm³/mol. The van der Waals surface area contributed by atoms with E-state index in [0.29, 0.717) is 0 Å². The Labute approximate surface area is 85.3 Å². The molecule has 1 aromatic rings. The molecule has 0 spiro atoms. The van der Waals surface area contributed by atoms with Crippen molar-refractivity contribution in [3.8, 4) is 0 Å². The first-order valence-electron chi connectivity index (χ1n) is 3.33. The number of halogens is 1. The van der Waals surface area contributed by atoms with Gasteiger partial charge < -0.3 is 0 Å². The molecule has 0 fully saturated rings. The Hall–Kier alpha value is -0.170. The molecule has 0 amide bonds. The van der Waals surface area contributed by atoms with Crippen LogP contribution < -0.4 is 0 Å². The fraction of sp³-hybridized carbons (Fsp3) is 0.286. The second kappa shape index (κ2) is 3.69. The van der Waals surface area contributed by atoms with Crippen molar-refractivity contribution >= 4 is 32.4 Å². The van der Waals surface area contributed by atoms with Crippen LogP contribution in [0.5, 0.6) is 0 Å². The molecule has 1 aromatic heterocycles. The first-order valence-corrected chi connectivity index (χ1v) is 6.12. The average Bonchev–Trinajstić information content (AvgIpc) is 2.06. The molecule has 1 atom stereocenters. The Morgan fingerprint density at radius 2 is 2.25 bits per heavy atom. The summed E-state index contributed by atoms with van der Waals surface area (Å²) < 4.78 is 22.6. The second-order valence-corrected chi connectivity index (χ2v) is 7.26. The molecule has 0 saturated carbocycles. The number of aromatic nitrogens is 1. The third-order valence-corrected chi connectivity index (χ3v) is 5.15. The van der Waals surface area contributed by atoms with Gasteiger partial charge in [0, 0.05) is 12.4 Å². The van der Waals surface area contributed by atoms with E-state index >= 15 is 0 Å². The van der Waals surface area contributed by atoms with Crippen LogP contribution in [0.1, 0.15) is 6.92 Å². The minimum atomic E-state index is -3.15. The Balaban J connectivity index is 3.17. The van der Waals surface area contributed by atoms with Gasteiger partial charge in [0.1, 0.15) is 3.26 Å². The van der Waals surface area contributed by atoms with Crippen LogP contribution in [-0.2, 0) is 9.84 Å². The normalized spacial score (nSPS) is 14.2. The highest BCUT2D eigenvalue weighted by Crippen LogP contribution is 2.18. The largest absolute Gasteiger partial charge is 0.263 e. The molecule has 0 saturated heterocycles. The van der Waals surface area contributed by atoms with Gasteiger partial charge in [0.15, 0.2) is 9.84 Å². The first-order chi connectivity index (χ1) is 5.55. The van der Waals surface area contributed by atoms with E-state index in [1.807, 2.05) is 22.6 Å². The van der Waals surface area contributed by atoms with Gasteiger partial charge in [-0.1, -0.05) is 22.6 Å². The van der Waals surface area contributed by atoms with Crippen LogP contribution in [0.15, 0.2) is 29.4 Å². The van der Waals surface area contributed by atoms with Crippen LogP contribution in [0.25, 0.3) is 0 Å². The van der Waals surface area contributed by atoms with Crippen LogP contribution >= 0.6 is 22.6 Å². The van der Waals surface area contributed by atoms with E-state index in [2.05, 4.69) is 4.98 Å². The highest BCUT2D eigenvalue weighted by Gasteiger charge is 2.19. The summed E-state index contributed by atoms with van der Waals surface area (Å²) >= 11 is 1.87. The van der Waals surface area contributed by atoms with Gasteiger partial charge in [-0.2, -0.15) is 0 Å². The monoisotopic (exact) mass is 297 g/mol. The van der Waals surface area contributed by atoms with Crippen molar-refractivity contribution in [1.29, 1.82) is 0 Å². The van der Waals surface area contributed by atoms with E-state index in [0.717, 1.165) is 0 Å². The van der Waals surface area contributed by atoms with Gasteiger partial charge in [0.05, 0.1) is 4.90 Å². The molecule has 5 heteroatoms. The second-order valence-electron chi connectivity index (χ2n) is 2.28. The number of sulfone groups is 1. The molecule has 0 bridgehead atoms. The molecule has 0 aliphatic carbocycles. The van der Waals surface area contributed by atoms with Crippen LogP contribution in [0, 0.1) is 0 Å². The van der Waals surface area contributed by atoms with Crippen molar-refractivity contribution < 1.29 is 8.42 Å². The summed E-state index contributed by atoms with van der Waals surface area (Å²) in [6, 6.07) is 3.17. The lowest BCUT2D eigenvalue weighted by atomic mass is 10.5. The van der Waals surface area contributed by atoms with Gasteiger partial charge in [-0.25, -0.2) is 8.42 Å². The van der Waals surface area contributed by atoms with Crippen LogP contribution in [0.3, 0.4) is 0 Å². The molecule has 1 heterocycles. The lowest BCUT2D eigenvalue weighted by Crippen LogP contribution is -2.10. The van der Waals surface area contributed by atoms with Gasteiger partial charge >= 0.3 is 0 Å². The Morgan fingerprint density at radius 1 is 1.58 bits per heavy atom. The van der Waals surface area contributed by atoms with Gasteiger partial charge in [-0.05, 0) is 19.1 Å². The van der Waals surface area contributed by atoms with E-state index < -0.39 is 13.1 Å². The number of hydrogen-bond donors (Lipinski definition) is 0. The number of hydrogen-bond acceptors (Lipinski definition) is 3. The summed E-state index contributed by atoms with van der Waals surface area (Å²) in [6.07, 6.45) is 2.92. The van der Waals surface area contributed by atoms with Crippen LogP contribution in [-0.4, -0.2) is 16.7 Å². The highest BCUT2D eigenvalue weighted by atomic mass is 127. The molecular weight excluding hydrogens is 289 g/mol. The standard InChI is InChI=1S/C7H8INO2S/c1-6(8)12(10,11)7-3-2-4-9-5-7/h2-6H,1H3. The number of pyridine rings is 1. The average molecular weight is 297 g/mol. The number of rotatable bonds is 2. The molecule has 66 valence electrons. The summed E-state index contributed by atoms with van der Waals surface area (Å²) in [6.45, 7) is 1.64. The maximum absolute atomic E-state index is 11.5. The summed E-state index contributed by atoms with van der Waals surface area (Å²) in [5.74, 6) is 0. The summed E-state index contributed by atoms with van der Waals surface area (Å²) in [5.41, 5.74) is 0. The Kier molecular flexibility index (Phi) is 3.05. The molecule has 0 aromatic carbocycles. The zero-order valence-electron chi connectivity index (χ0n) is 6.44. The first kappa shape index (κ1) is 9.91. The van der Waals surface area contributed by atoms with E-state index in [1.165, 1.54) is 6.20 Å². The van der Waals surface area contributed by atoms with E-state index in [9.17, 15) is 8.42 Å². The maximum atomic E-state index is 11.5. The Bertz CT molecular complexity index is 347. The molecule has 1 unspecified atom stereocenters. The SMILES string of the molecule is CC(I)S(=O)(=O)c1cccnc1. The molecule has 0 aliphatic rings. The molecule has 12 heavy (non-hydrogen) atoms. The summed E-state index contributed by atoms with van der Waals surface area (Å²) in [7, 11) is -3.15. The minimum absolute atomic E-state index is 0.284.